The molecule has 4 rings (SSSR count). The van der Waals surface area contributed by atoms with Gasteiger partial charge in [-0.2, -0.15) is 0 Å². The monoisotopic (exact) mass is 592 g/mol. The van der Waals surface area contributed by atoms with Crippen LogP contribution >= 0.6 is 0 Å². The Morgan fingerprint density at radius 1 is 0.930 bits per heavy atom. The molecule has 230 valence electrons. The minimum absolute atomic E-state index is 0.292. The second-order valence-electron chi connectivity index (χ2n) is 11.3. The first kappa shape index (κ1) is 32.1. The fourth-order valence-corrected chi connectivity index (χ4v) is 5.76. The lowest BCUT2D eigenvalue weighted by molar-refractivity contribution is -0.107. The van der Waals surface area contributed by atoms with E-state index >= 15 is 0 Å². The Morgan fingerprint density at radius 2 is 1.70 bits per heavy atom. The van der Waals surface area contributed by atoms with Crippen molar-refractivity contribution in [3.63, 3.8) is 0 Å². The minimum atomic E-state index is -0.922. The van der Waals surface area contributed by atoms with Crippen LogP contribution in [0.5, 0.6) is 5.75 Å². The number of aldehydes is 1. The van der Waals surface area contributed by atoms with E-state index in [1.165, 1.54) is 17.7 Å². The second kappa shape index (κ2) is 16.8. The first-order valence-corrected chi connectivity index (χ1v) is 15.3. The largest absolute Gasteiger partial charge is 0.493 e. The summed E-state index contributed by atoms with van der Waals surface area (Å²) < 4.78 is 33.6. The number of hydrogen-bond donors (Lipinski definition) is 1. The number of para-hydroxylation sites is 1. The van der Waals surface area contributed by atoms with Crippen molar-refractivity contribution in [2.45, 2.75) is 51.4 Å². The van der Waals surface area contributed by atoms with E-state index in [2.05, 4.69) is 11.0 Å². The number of hydrogen-bond acceptors (Lipinski definition) is 5. The SMILES string of the molecule is O=CCCCC[C@@H](CCc1ccccc1OCCCN1CCN(c2ccc(F)cc2F)CC1)Cc1ccc(C(=O)O)cc1. The number of benzene rings is 3. The van der Waals surface area contributed by atoms with E-state index in [0.29, 0.717) is 43.3 Å². The summed E-state index contributed by atoms with van der Waals surface area (Å²) in [4.78, 5) is 26.3. The Kier molecular flexibility index (Phi) is 12.5. The fourth-order valence-electron chi connectivity index (χ4n) is 5.76. The number of rotatable bonds is 17. The maximum atomic E-state index is 14.2. The van der Waals surface area contributed by atoms with Crippen LogP contribution < -0.4 is 9.64 Å². The van der Waals surface area contributed by atoms with Crippen LogP contribution in [-0.2, 0) is 17.6 Å². The van der Waals surface area contributed by atoms with Crippen LogP contribution in [0.3, 0.4) is 0 Å². The number of ether oxygens (including phenoxy) is 1. The van der Waals surface area contributed by atoms with Crippen LogP contribution in [0.15, 0.2) is 66.7 Å². The molecule has 0 unspecified atom stereocenters. The van der Waals surface area contributed by atoms with Gasteiger partial charge in [0.05, 0.1) is 17.9 Å². The van der Waals surface area contributed by atoms with Crippen molar-refractivity contribution >= 4 is 17.9 Å². The zero-order chi connectivity index (χ0) is 30.4. The molecule has 1 heterocycles. The van der Waals surface area contributed by atoms with Gasteiger partial charge in [-0.05, 0) is 79.5 Å². The summed E-state index contributed by atoms with van der Waals surface area (Å²) in [5, 5.41) is 9.20. The molecule has 1 fully saturated rings. The number of unbranched alkanes of at least 4 members (excludes halogenated alkanes) is 2. The Labute approximate surface area is 253 Å². The number of piperazine rings is 1. The third-order valence-electron chi connectivity index (χ3n) is 8.20. The molecule has 1 saturated heterocycles. The second-order valence-corrected chi connectivity index (χ2v) is 11.3. The molecule has 0 radical (unpaired) electrons. The van der Waals surface area contributed by atoms with Gasteiger partial charge >= 0.3 is 5.97 Å². The average Bonchev–Trinajstić information content (AvgIpc) is 3.01. The third kappa shape index (κ3) is 10.2. The van der Waals surface area contributed by atoms with Crippen molar-refractivity contribution in [1.29, 1.82) is 0 Å². The van der Waals surface area contributed by atoms with Crippen molar-refractivity contribution in [3.05, 3.63) is 95.1 Å². The molecule has 0 saturated carbocycles. The molecular weight excluding hydrogens is 550 g/mol. The van der Waals surface area contributed by atoms with E-state index in [9.17, 15) is 23.5 Å². The van der Waals surface area contributed by atoms with Crippen LogP contribution in [0.2, 0.25) is 0 Å². The molecule has 8 heteroatoms. The van der Waals surface area contributed by atoms with Gasteiger partial charge in [0, 0.05) is 45.2 Å². The summed E-state index contributed by atoms with van der Waals surface area (Å²) in [5.41, 5.74) is 3.05. The molecule has 3 aromatic rings. The van der Waals surface area contributed by atoms with Crippen molar-refractivity contribution in [1.82, 2.24) is 4.90 Å². The maximum absolute atomic E-state index is 14.2. The highest BCUT2D eigenvalue weighted by molar-refractivity contribution is 5.87. The normalized spacial score (nSPS) is 14.4. The molecule has 43 heavy (non-hydrogen) atoms. The van der Waals surface area contributed by atoms with Gasteiger partial charge in [0.2, 0.25) is 0 Å². The Balaban J connectivity index is 1.24. The summed E-state index contributed by atoms with van der Waals surface area (Å²) in [6.07, 6.45) is 8.04. The van der Waals surface area contributed by atoms with E-state index < -0.39 is 17.6 Å². The van der Waals surface area contributed by atoms with Crippen LogP contribution in [0.4, 0.5) is 14.5 Å². The molecule has 1 atom stereocenters. The van der Waals surface area contributed by atoms with E-state index in [4.69, 9.17) is 4.74 Å². The number of carboxylic acid groups (broad SMARTS) is 1. The van der Waals surface area contributed by atoms with Crippen LogP contribution in [0.25, 0.3) is 0 Å². The first-order valence-electron chi connectivity index (χ1n) is 15.3. The lowest BCUT2D eigenvalue weighted by Gasteiger charge is -2.36. The van der Waals surface area contributed by atoms with E-state index in [1.54, 1.807) is 12.1 Å². The number of carbonyl (C=O) groups is 2. The molecule has 0 amide bonds. The standard InChI is InChI=1S/C35H42F2N2O4/c36-31-16-17-33(32(37)26-31)39-21-19-38(20-22-39)18-6-24-43-34-9-4-3-8-29(34)13-10-27(7-2-1-5-23-40)25-28-11-14-30(15-12-28)35(41)42/h3-4,8-9,11-12,14-17,23,26-27H,1-2,5-7,10,13,18-22,24-25H2,(H,41,42)/t27-/m0/s1. The highest BCUT2D eigenvalue weighted by Gasteiger charge is 2.20. The number of anilines is 1. The summed E-state index contributed by atoms with van der Waals surface area (Å²) in [6.45, 7) is 4.54. The predicted molar refractivity (Wildman–Crippen MR) is 165 cm³/mol. The van der Waals surface area contributed by atoms with Crippen LogP contribution in [0.1, 0.15) is 60.0 Å². The quantitative estimate of drug-likeness (QED) is 0.137. The minimum Gasteiger partial charge on any atom is -0.493 e. The van der Waals surface area contributed by atoms with Gasteiger partial charge in [0.1, 0.15) is 23.7 Å². The lowest BCUT2D eigenvalue weighted by Crippen LogP contribution is -2.47. The summed E-state index contributed by atoms with van der Waals surface area (Å²) in [5.74, 6) is -0.673. The number of aryl methyl sites for hydroxylation is 1. The molecule has 6 nitrogen and oxygen atoms in total. The topological polar surface area (TPSA) is 70.1 Å². The van der Waals surface area contributed by atoms with Gasteiger partial charge in [-0.1, -0.05) is 43.2 Å². The number of carbonyl (C=O) groups excluding carboxylic acids is 1. The van der Waals surface area contributed by atoms with E-state index in [1.807, 2.05) is 35.2 Å². The molecule has 1 N–H and O–H groups in total. The molecule has 0 spiro atoms. The Bertz CT molecular complexity index is 1310. The number of aromatic carboxylic acids is 1. The van der Waals surface area contributed by atoms with Crippen LogP contribution in [-0.4, -0.2) is 61.6 Å². The van der Waals surface area contributed by atoms with E-state index in [0.717, 1.165) is 88.2 Å². The van der Waals surface area contributed by atoms with Crippen molar-refractivity contribution < 1.29 is 28.2 Å². The van der Waals surface area contributed by atoms with Gasteiger partial charge in [-0.15, -0.1) is 0 Å². The fraction of sp³-hybridized carbons (Fsp3) is 0.429. The summed E-state index contributed by atoms with van der Waals surface area (Å²) >= 11 is 0. The summed E-state index contributed by atoms with van der Waals surface area (Å²) in [6, 6.07) is 19.1. The first-order chi connectivity index (χ1) is 20.9. The molecular formula is C35H42F2N2O4. The Hall–Kier alpha value is -3.78. The molecule has 1 aliphatic rings. The number of nitrogens with zero attached hydrogens (tertiary/aromatic N) is 2. The maximum Gasteiger partial charge on any atom is 0.335 e. The van der Waals surface area contributed by atoms with Crippen LogP contribution in [0, 0.1) is 17.6 Å². The average molecular weight is 593 g/mol. The van der Waals surface area contributed by atoms with Gasteiger partial charge in [-0.25, -0.2) is 13.6 Å². The van der Waals surface area contributed by atoms with Gasteiger partial charge in [-0.3, -0.25) is 4.90 Å². The zero-order valence-electron chi connectivity index (χ0n) is 24.7. The summed E-state index contributed by atoms with van der Waals surface area (Å²) in [7, 11) is 0. The Morgan fingerprint density at radius 3 is 2.42 bits per heavy atom. The van der Waals surface area contributed by atoms with Gasteiger partial charge < -0.3 is 19.5 Å². The van der Waals surface area contributed by atoms with Crippen molar-refractivity contribution in [2.75, 3.05) is 44.2 Å². The number of halogens is 2. The third-order valence-corrected chi connectivity index (χ3v) is 8.20. The zero-order valence-corrected chi connectivity index (χ0v) is 24.7. The predicted octanol–water partition coefficient (Wildman–Crippen LogP) is 6.80. The van der Waals surface area contributed by atoms with Gasteiger partial charge in [0.15, 0.2) is 0 Å². The van der Waals surface area contributed by atoms with Gasteiger partial charge in [0.25, 0.3) is 0 Å². The molecule has 0 aliphatic carbocycles. The molecule has 0 bridgehead atoms. The smallest absolute Gasteiger partial charge is 0.335 e. The molecule has 0 aromatic heterocycles. The highest BCUT2D eigenvalue weighted by Crippen LogP contribution is 2.26. The number of carboxylic acids is 1. The highest BCUT2D eigenvalue weighted by atomic mass is 19.1. The van der Waals surface area contributed by atoms with E-state index in [-0.39, 0.29) is 0 Å². The lowest BCUT2D eigenvalue weighted by atomic mass is 9.88. The molecule has 3 aromatic carbocycles. The molecule has 1 aliphatic heterocycles. The van der Waals surface area contributed by atoms with Crippen molar-refractivity contribution in [2.24, 2.45) is 5.92 Å². The van der Waals surface area contributed by atoms with Crippen molar-refractivity contribution in [3.8, 4) is 5.75 Å².